The quantitative estimate of drug-likeness (QED) is 0.514. The molecule has 17 heavy (non-hydrogen) atoms. The summed E-state index contributed by atoms with van der Waals surface area (Å²) in [6.45, 7) is 5.41. The number of hydrogen-bond donors (Lipinski definition) is 1. The van der Waals surface area contributed by atoms with Crippen LogP contribution in [0, 0.1) is 5.82 Å². The molecule has 0 aromatic heterocycles. The van der Waals surface area contributed by atoms with E-state index in [9.17, 15) is 9.18 Å². The molecule has 0 spiro atoms. The topological polar surface area (TPSA) is 52.3 Å². The molecule has 0 bridgehead atoms. The van der Waals surface area contributed by atoms with E-state index in [0.29, 0.717) is 4.90 Å². The third kappa shape index (κ3) is 5.08. The Morgan fingerprint density at radius 3 is 2.65 bits per heavy atom. The van der Waals surface area contributed by atoms with Crippen LogP contribution in [0.15, 0.2) is 23.1 Å². The standard InChI is InChI=1S/C12H16FNO2S/c1-12(2,3)16-11(15)7-17-8-4-5-10(14)9(13)6-8/h4-6H,7,14H2,1-3H3. The third-order valence-corrected chi connectivity index (χ3v) is 2.72. The average molecular weight is 257 g/mol. The van der Waals surface area contributed by atoms with Gasteiger partial charge < -0.3 is 10.5 Å². The van der Waals surface area contributed by atoms with Gasteiger partial charge in [0.15, 0.2) is 0 Å². The van der Waals surface area contributed by atoms with Crippen molar-refractivity contribution in [2.24, 2.45) is 0 Å². The molecule has 0 radical (unpaired) electrons. The van der Waals surface area contributed by atoms with Gasteiger partial charge in [0.2, 0.25) is 0 Å². The predicted octanol–water partition coefficient (Wildman–Crippen LogP) is 2.84. The van der Waals surface area contributed by atoms with E-state index in [1.165, 1.54) is 23.9 Å². The number of hydrogen-bond acceptors (Lipinski definition) is 4. The number of carbonyl (C=O) groups excluding carboxylic acids is 1. The van der Waals surface area contributed by atoms with Crippen molar-refractivity contribution in [3.63, 3.8) is 0 Å². The zero-order valence-corrected chi connectivity index (χ0v) is 10.9. The van der Waals surface area contributed by atoms with Gasteiger partial charge in [-0.2, -0.15) is 0 Å². The van der Waals surface area contributed by atoms with Gasteiger partial charge in [0.05, 0.1) is 11.4 Å². The monoisotopic (exact) mass is 257 g/mol. The zero-order chi connectivity index (χ0) is 13.1. The number of nitrogens with two attached hydrogens (primary N) is 1. The Hall–Kier alpha value is -1.23. The summed E-state index contributed by atoms with van der Waals surface area (Å²) in [5, 5.41) is 0. The maximum atomic E-state index is 13.1. The van der Waals surface area contributed by atoms with Crippen molar-refractivity contribution in [2.75, 3.05) is 11.5 Å². The second-order valence-corrected chi connectivity index (χ2v) is 5.61. The van der Waals surface area contributed by atoms with E-state index >= 15 is 0 Å². The molecule has 2 N–H and O–H groups in total. The van der Waals surface area contributed by atoms with Crippen molar-refractivity contribution in [2.45, 2.75) is 31.3 Å². The molecule has 0 amide bonds. The molecule has 0 unspecified atom stereocenters. The molecule has 0 atom stereocenters. The number of ether oxygens (including phenoxy) is 1. The lowest BCUT2D eigenvalue weighted by molar-refractivity contribution is -0.151. The van der Waals surface area contributed by atoms with Crippen LogP contribution in [-0.4, -0.2) is 17.3 Å². The lowest BCUT2D eigenvalue weighted by atomic mass is 10.2. The van der Waals surface area contributed by atoms with Crippen LogP contribution in [0.3, 0.4) is 0 Å². The molecule has 0 saturated heterocycles. The number of rotatable bonds is 3. The highest BCUT2D eigenvalue weighted by molar-refractivity contribution is 8.00. The van der Waals surface area contributed by atoms with Crippen LogP contribution in [0.2, 0.25) is 0 Å². The number of nitrogen functional groups attached to an aromatic ring is 1. The summed E-state index contributed by atoms with van der Waals surface area (Å²) in [4.78, 5) is 12.1. The van der Waals surface area contributed by atoms with Crippen LogP contribution in [0.1, 0.15) is 20.8 Å². The highest BCUT2D eigenvalue weighted by Gasteiger charge is 2.16. The largest absolute Gasteiger partial charge is 0.459 e. The molecular weight excluding hydrogens is 241 g/mol. The Labute approximate surface area is 105 Å². The molecule has 0 aliphatic carbocycles. The van der Waals surface area contributed by atoms with Gasteiger partial charge in [0.1, 0.15) is 11.4 Å². The fourth-order valence-corrected chi connectivity index (χ4v) is 1.81. The van der Waals surface area contributed by atoms with Gasteiger partial charge in [-0.3, -0.25) is 4.79 Å². The number of anilines is 1. The van der Waals surface area contributed by atoms with Crippen LogP contribution in [0.25, 0.3) is 0 Å². The first-order valence-corrected chi connectivity index (χ1v) is 6.16. The van der Waals surface area contributed by atoms with Crippen LogP contribution in [0.5, 0.6) is 0 Å². The molecule has 0 heterocycles. The van der Waals surface area contributed by atoms with E-state index in [-0.39, 0.29) is 17.4 Å². The zero-order valence-electron chi connectivity index (χ0n) is 10.1. The predicted molar refractivity (Wildman–Crippen MR) is 67.4 cm³/mol. The number of thioether (sulfide) groups is 1. The molecule has 3 nitrogen and oxygen atoms in total. The molecule has 0 saturated carbocycles. The Bertz CT molecular complexity index is 415. The molecule has 94 valence electrons. The van der Waals surface area contributed by atoms with Crippen LogP contribution >= 0.6 is 11.8 Å². The summed E-state index contributed by atoms with van der Waals surface area (Å²) in [7, 11) is 0. The first-order chi connectivity index (χ1) is 7.78. The molecule has 1 rings (SSSR count). The Kier molecular flexibility index (Phi) is 4.40. The fraction of sp³-hybridized carbons (Fsp3) is 0.417. The second kappa shape index (κ2) is 5.40. The number of esters is 1. The average Bonchev–Trinajstić information content (AvgIpc) is 2.17. The van der Waals surface area contributed by atoms with Gasteiger partial charge in [-0.25, -0.2) is 4.39 Å². The summed E-state index contributed by atoms with van der Waals surface area (Å²) in [6.07, 6.45) is 0. The van der Waals surface area contributed by atoms with Crippen molar-refractivity contribution < 1.29 is 13.9 Å². The molecule has 0 fully saturated rings. The fourth-order valence-electron chi connectivity index (χ4n) is 1.11. The smallest absolute Gasteiger partial charge is 0.316 e. The van der Waals surface area contributed by atoms with Gasteiger partial charge in [0, 0.05) is 4.90 Å². The summed E-state index contributed by atoms with van der Waals surface area (Å²) in [6, 6.07) is 4.46. The summed E-state index contributed by atoms with van der Waals surface area (Å²) in [5.74, 6) is -0.639. The van der Waals surface area contributed by atoms with Gasteiger partial charge >= 0.3 is 5.97 Å². The highest BCUT2D eigenvalue weighted by atomic mass is 32.2. The Balaban J connectivity index is 2.50. The van der Waals surface area contributed by atoms with E-state index in [4.69, 9.17) is 10.5 Å². The number of carbonyl (C=O) groups is 1. The van der Waals surface area contributed by atoms with Crippen molar-refractivity contribution in [1.82, 2.24) is 0 Å². The minimum Gasteiger partial charge on any atom is -0.459 e. The minimum atomic E-state index is -0.496. The molecule has 0 aliphatic heterocycles. The lowest BCUT2D eigenvalue weighted by Gasteiger charge is -2.19. The van der Waals surface area contributed by atoms with Crippen molar-refractivity contribution in [3.8, 4) is 0 Å². The third-order valence-electron chi connectivity index (χ3n) is 1.75. The molecular formula is C12H16FNO2S. The minimum absolute atomic E-state index is 0.103. The van der Waals surface area contributed by atoms with Gasteiger partial charge in [-0.05, 0) is 39.0 Å². The summed E-state index contributed by atoms with van der Waals surface area (Å²) in [5.41, 5.74) is 4.96. The van der Waals surface area contributed by atoms with Crippen molar-refractivity contribution in [1.29, 1.82) is 0 Å². The van der Waals surface area contributed by atoms with Gasteiger partial charge in [0.25, 0.3) is 0 Å². The van der Waals surface area contributed by atoms with E-state index in [1.54, 1.807) is 26.8 Å². The molecule has 1 aromatic rings. The Morgan fingerprint density at radius 1 is 1.47 bits per heavy atom. The van der Waals surface area contributed by atoms with E-state index in [2.05, 4.69) is 0 Å². The molecule has 1 aromatic carbocycles. The first kappa shape index (κ1) is 13.8. The van der Waals surface area contributed by atoms with Crippen LogP contribution < -0.4 is 5.73 Å². The molecule has 5 heteroatoms. The van der Waals surface area contributed by atoms with E-state index < -0.39 is 11.4 Å². The number of halogens is 1. The van der Waals surface area contributed by atoms with Gasteiger partial charge in [-0.15, -0.1) is 11.8 Å². The second-order valence-electron chi connectivity index (χ2n) is 4.56. The Morgan fingerprint density at radius 2 is 2.12 bits per heavy atom. The highest BCUT2D eigenvalue weighted by Crippen LogP contribution is 2.22. The normalized spacial score (nSPS) is 11.3. The lowest BCUT2D eigenvalue weighted by Crippen LogP contribution is -2.24. The van der Waals surface area contributed by atoms with E-state index in [0.717, 1.165) is 0 Å². The SMILES string of the molecule is CC(C)(C)OC(=O)CSc1ccc(N)c(F)c1. The number of benzene rings is 1. The van der Waals surface area contributed by atoms with Crippen LogP contribution in [-0.2, 0) is 9.53 Å². The van der Waals surface area contributed by atoms with Crippen molar-refractivity contribution >= 4 is 23.4 Å². The van der Waals surface area contributed by atoms with Crippen molar-refractivity contribution in [3.05, 3.63) is 24.0 Å². The first-order valence-electron chi connectivity index (χ1n) is 5.17. The van der Waals surface area contributed by atoms with Gasteiger partial charge in [-0.1, -0.05) is 0 Å². The summed E-state index contributed by atoms with van der Waals surface area (Å²) >= 11 is 1.22. The maximum absolute atomic E-state index is 13.1. The maximum Gasteiger partial charge on any atom is 0.316 e. The van der Waals surface area contributed by atoms with E-state index in [1.807, 2.05) is 0 Å². The molecule has 0 aliphatic rings. The summed E-state index contributed by atoms with van der Waals surface area (Å²) < 4.78 is 18.3. The van der Waals surface area contributed by atoms with Crippen LogP contribution in [0.4, 0.5) is 10.1 Å².